The highest BCUT2D eigenvalue weighted by molar-refractivity contribution is 7.81. The second-order valence-electron chi connectivity index (χ2n) is 1.54. The molecule has 0 spiro atoms. The standard InChI is InChI=1S/C3H8OS2.C2H4O2S/c4-3(6)1-2-5;3-2(4)1-5/h3-6H,1-2H2;5H,1H2,(H,3,4). The first kappa shape index (κ1) is 14.0. The minimum absolute atomic E-state index is 0.0833. The van der Waals surface area contributed by atoms with Crippen LogP contribution in [0.15, 0.2) is 0 Å². The van der Waals surface area contributed by atoms with Gasteiger partial charge in [0.25, 0.3) is 0 Å². The van der Waals surface area contributed by atoms with Crippen LogP contribution in [-0.2, 0) is 4.79 Å². The third-order valence-corrected chi connectivity index (χ3v) is 1.31. The molecular weight excluding hydrogens is 204 g/mol. The predicted molar refractivity (Wildman–Crippen MR) is 55.0 cm³/mol. The molecule has 0 radical (unpaired) electrons. The van der Waals surface area contributed by atoms with Crippen LogP contribution in [0.1, 0.15) is 6.42 Å². The van der Waals surface area contributed by atoms with E-state index in [1.54, 1.807) is 0 Å². The minimum Gasteiger partial charge on any atom is -0.481 e. The molecule has 0 aliphatic heterocycles. The highest BCUT2D eigenvalue weighted by atomic mass is 32.1. The van der Waals surface area contributed by atoms with E-state index in [1.165, 1.54) is 0 Å². The SMILES string of the molecule is O=C(O)CS.OC(S)CCS. The predicted octanol–water partition coefficient (Wildman–Crippen LogP) is 0.555. The molecule has 0 saturated carbocycles. The number of rotatable bonds is 3. The highest BCUT2D eigenvalue weighted by Crippen LogP contribution is 1.95. The maximum atomic E-state index is 9.29. The second-order valence-corrected chi connectivity index (χ2v) is 2.90. The minimum atomic E-state index is -0.881. The number of aliphatic carboxylic acids is 1. The highest BCUT2D eigenvalue weighted by Gasteiger charge is 1.88. The number of aliphatic hydroxyl groups excluding tert-OH is 1. The van der Waals surface area contributed by atoms with Crippen molar-refractivity contribution in [3.63, 3.8) is 0 Å². The van der Waals surface area contributed by atoms with E-state index in [1.807, 2.05) is 0 Å². The summed E-state index contributed by atoms with van der Waals surface area (Å²) in [5, 5.41) is 16.0. The van der Waals surface area contributed by atoms with Gasteiger partial charge in [-0.3, -0.25) is 4.79 Å². The van der Waals surface area contributed by atoms with Crippen LogP contribution in [0.25, 0.3) is 0 Å². The van der Waals surface area contributed by atoms with Crippen molar-refractivity contribution in [3.8, 4) is 0 Å². The fraction of sp³-hybridized carbons (Fsp3) is 0.800. The molecule has 0 aromatic heterocycles. The third-order valence-electron chi connectivity index (χ3n) is 0.523. The van der Waals surface area contributed by atoms with Crippen LogP contribution >= 0.6 is 37.9 Å². The van der Waals surface area contributed by atoms with Gasteiger partial charge in [-0.2, -0.15) is 25.3 Å². The van der Waals surface area contributed by atoms with Crippen LogP contribution in [0, 0.1) is 0 Å². The first-order chi connectivity index (χ1) is 5.04. The zero-order valence-corrected chi connectivity index (χ0v) is 8.53. The Kier molecular flexibility index (Phi) is 13.4. The molecular formula is C5H12O3S3. The molecule has 0 saturated heterocycles. The van der Waals surface area contributed by atoms with E-state index in [9.17, 15) is 4.79 Å². The molecule has 0 heterocycles. The monoisotopic (exact) mass is 216 g/mol. The largest absolute Gasteiger partial charge is 0.481 e. The van der Waals surface area contributed by atoms with Gasteiger partial charge in [0.1, 0.15) is 0 Å². The summed E-state index contributed by atoms with van der Waals surface area (Å²) in [5.41, 5.74) is -0.484. The van der Waals surface area contributed by atoms with E-state index >= 15 is 0 Å². The summed E-state index contributed by atoms with van der Waals surface area (Å²) >= 11 is 11.0. The van der Waals surface area contributed by atoms with E-state index in [4.69, 9.17) is 10.2 Å². The van der Waals surface area contributed by atoms with Crippen LogP contribution in [0.5, 0.6) is 0 Å². The molecule has 3 nitrogen and oxygen atoms in total. The molecule has 1 atom stereocenters. The van der Waals surface area contributed by atoms with Crippen molar-refractivity contribution < 1.29 is 15.0 Å². The number of carboxylic acid groups (broad SMARTS) is 1. The summed E-state index contributed by atoms with van der Waals surface area (Å²) in [6, 6.07) is 0. The van der Waals surface area contributed by atoms with Crippen LogP contribution in [-0.4, -0.2) is 33.1 Å². The molecule has 0 aromatic carbocycles. The lowest BCUT2D eigenvalue weighted by atomic mass is 10.5. The molecule has 0 aliphatic carbocycles. The maximum absolute atomic E-state index is 9.29. The molecule has 6 heteroatoms. The number of carbonyl (C=O) groups is 1. The van der Waals surface area contributed by atoms with Gasteiger partial charge in [0, 0.05) is 0 Å². The Hall–Kier alpha value is 0.480. The molecule has 0 amide bonds. The van der Waals surface area contributed by atoms with Gasteiger partial charge < -0.3 is 10.2 Å². The second kappa shape index (κ2) is 10.5. The van der Waals surface area contributed by atoms with E-state index in [0.29, 0.717) is 12.2 Å². The molecule has 1 unspecified atom stereocenters. The van der Waals surface area contributed by atoms with Gasteiger partial charge in [-0.25, -0.2) is 0 Å². The Morgan fingerprint density at radius 3 is 1.82 bits per heavy atom. The summed E-state index contributed by atoms with van der Waals surface area (Å²) in [6.45, 7) is 0. The Labute approximate surface area is 82.4 Å². The maximum Gasteiger partial charge on any atom is 0.313 e. The zero-order chi connectivity index (χ0) is 9.28. The fourth-order valence-corrected chi connectivity index (χ4v) is 0.693. The Balaban J connectivity index is 0. The van der Waals surface area contributed by atoms with Gasteiger partial charge in [-0.1, -0.05) is 0 Å². The average Bonchev–Trinajstić information content (AvgIpc) is 1.89. The van der Waals surface area contributed by atoms with E-state index < -0.39 is 11.4 Å². The molecule has 2 N–H and O–H groups in total. The number of aliphatic hydroxyl groups is 1. The van der Waals surface area contributed by atoms with Gasteiger partial charge in [0.2, 0.25) is 0 Å². The molecule has 0 aromatic rings. The smallest absolute Gasteiger partial charge is 0.313 e. The molecule has 0 aliphatic rings. The van der Waals surface area contributed by atoms with Crippen molar-refractivity contribution in [3.05, 3.63) is 0 Å². The molecule has 68 valence electrons. The Morgan fingerprint density at radius 2 is 1.82 bits per heavy atom. The van der Waals surface area contributed by atoms with Crippen molar-refractivity contribution in [2.24, 2.45) is 0 Å². The lowest BCUT2D eigenvalue weighted by molar-refractivity contribution is -0.133. The van der Waals surface area contributed by atoms with Crippen LogP contribution in [0.3, 0.4) is 0 Å². The summed E-state index contributed by atoms with van der Waals surface area (Å²) in [5.74, 6) is -0.265. The van der Waals surface area contributed by atoms with Crippen molar-refractivity contribution in [2.75, 3.05) is 11.5 Å². The summed E-state index contributed by atoms with van der Waals surface area (Å²) in [7, 11) is 0. The van der Waals surface area contributed by atoms with Crippen molar-refractivity contribution in [2.45, 2.75) is 11.9 Å². The van der Waals surface area contributed by atoms with Gasteiger partial charge in [0.15, 0.2) is 0 Å². The lowest BCUT2D eigenvalue weighted by Crippen LogP contribution is -1.94. The van der Waals surface area contributed by atoms with Crippen molar-refractivity contribution in [1.82, 2.24) is 0 Å². The number of hydrogen-bond donors (Lipinski definition) is 5. The van der Waals surface area contributed by atoms with Crippen LogP contribution in [0.4, 0.5) is 0 Å². The van der Waals surface area contributed by atoms with E-state index in [0.717, 1.165) is 0 Å². The number of carboxylic acids is 1. The van der Waals surface area contributed by atoms with Gasteiger partial charge >= 0.3 is 5.97 Å². The van der Waals surface area contributed by atoms with E-state index in [-0.39, 0.29) is 5.75 Å². The van der Waals surface area contributed by atoms with Crippen LogP contribution < -0.4 is 0 Å². The summed E-state index contributed by atoms with van der Waals surface area (Å²) in [4.78, 5) is 9.29. The molecule has 11 heavy (non-hydrogen) atoms. The first-order valence-electron chi connectivity index (χ1n) is 2.84. The normalized spacial score (nSPS) is 11.3. The lowest BCUT2D eigenvalue weighted by Gasteiger charge is -1.94. The quantitative estimate of drug-likeness (QED) is 0.354. The molecule has 0 fully saturated rings. The topological polar surface area (TPSA) is 57.5 Å². The zero-order valence-electron chi connectivity index (χ0n) is 5.84. The first-order valence-corrected chi connectivity index (χ1v) is 4.62. The molecule has 0 bridgehead atoms. The van der Waals surface area contributed by atoms with Crippen molar-refractivity contribution >= 4 is 43.9 Å². The summed E-state index contributed by atoms with van der Waals surface area (Å²) in [6.07, 6.45) is 0.659. The van der Waals surface area contributed by atoms with Crippen molar-refractivity contribution in [1.29, 1.82) is 0 Å². The average molecular weight is 216 g/mol. The van der Waals surface area contributed by atoms with Gasteiger partial charge in [0.05, 0.1) is 11.2 Å². The van der Waals surface area contributed by atoms with Gasteiger partial charge in [-0.15, -0.1) is 12.6 Å². The number of hydrogen-bond acceptors (Lipinski definition) is 5. The third kappa shape index (κ3) is 25.1. The molecule has 0 rings (SSSR count). The van der Waals surface area contributed by atoms with E-state index in [2.05, 4.69) is 37.9 Å². The van der Waals surface area contributed by atoms with Gasteiger partial charge in [-0.05, 0) is 12.2 Å². The van der Waals surface area contributed by atoms with Crippen LogP contribution in [0.2, 0.25) is 0 Å². The number of thiol groups is 3. The summed E-state index contributed by atoms with van der Waals surface area (Å²) < 4.78 is 0. The fourth-order valence-electron chi connectivity index (χ4n) is 0.115. The Bertz CT molecular complexity index is 97.0. The Morgan fingerprint density at radius 1 is 1.45 bits per heavy atom.